The van der Waals surface area contributed by atoms with Gasteiger partial charge in [0, 0.05) is 44.9 Å². The molecule has 0 radical (unpaired) electrons. The van der Waals surface area contributed by atoms with Crippen molar-refractivity contribution in [2.45, 2.75) is 38.8 Å². The number of H-pyrrole nitrogens is 1. The monoisotopic (exact) mass is 353 g/mol. The maximum Gasteiger partial charge on any atom is 0.255 e. The van der Waals surface area contributed by atoms with Gasteiger partial charge in [0.1, 0.15) is 0 Å². The Kier molecular flexibility index (Phi) is 4.79. The highest BCUT2D eigenvalue weighted by Crippen LogP contribution is 2.18. The molecule has 0 bridgehead atoms. The van der Waals surface area contributed by atoms with E-state index >= 15 is 0 Å². The molecular formula is C19H23N5O2. The standard InChI is InChI=1S/C19H23N5O2/c1-26-17-6-5-13(10-21-17)11-24-9-7-15-14(12-24)19(25)23-18(22-15)16-4-2-3-8-20-16/h5-6,10H,2-4,7-9,11-12H2,1H3,(H,22,23,25). The van der Waals surface area contributed by atoms with Crippen molar-refractivity contribution < 1.29 is 4.74 Å². The summed E-state index contributed by atoms with van der Waals surface area (Å²) in [5.74, 6) is 1.28. The van der Waals surface area contributed by atoms with E-state index < -0.39 is 0 Å². The van der Waals surface area contributed by atoms with Gasteiger partial charge < -0.3 is 9.72 Å². The van der Waals surface area contributed by atoms with Crippen LogP contribution in [-0.2, 0) is 19.5 Å². The lowest BCUT2D eigenvalue weighted by atomic mass is 10.0. The molecule has 0 amide bonds. The zero-order valence-electron chi connectivity index (χ0n) is 15.0. The van der Waals surface area contributed by atoms with E-state index in [1.54, 1.807) is 7.11 Å². The van der Waals surface area contributed by atoms with Crippen LogP contribution in [0.3, 0.4) is 0 Å². The van der Waals surface area contributed by atoms with Crippen molar-refractivity contribution in [2.24, 2.45) is 4.99 Å². The van der Waals surface area contributed by atoms with Gasteiger partial charge >= 0.3 is 0 Å². The molecule has 0 aliphatic carbocycles. The van der Waals surface area contributed by atoms with Gasteiger partial charge in [-0.05, 0) is 24.8 Å². The summed E-state index contributed by atoms with van der Waals surface area (Å²) in [4.78, 5) is 31.3. The quantitative estimate of drug-likeness (QED) is 0.905. The summed E-state index contributed by atoms with van der Waals surface area (Å²) in [5, 5.41) is 0. The molecule has 26 heavy (non-hydrogen) atoms. The number of aromatic amines is 1. The first-order valence-corrected chi connectivity index (χ1v) is 9.10. The number of hydrogen-bond donors (Lipinski definition) is 1. The van der Waals surface area contributed by atoms with Gasteiger partial charge in [-0.15, -0.1) is 0 Å². The average molecular weight is 353 g/mol. The molecule has 0 fully saturated rings. The van der Waals surface area contributed by atoms with Gasteiger partial charge in [-0.1, -0.05) is 6.07 Å². The molecule has 0 atom stereocenters. The van der Waals surface area contributed by atoms with Crippen LogP contribution < -0.4 is 10.3 Å². The van der Waals surface area contributed by atoms with Crippen molar-refractivity contribution >= 4 is 5.71 Å². The maximum absolute atomic E-state index is 12.6. The fourth-order valence-electron chi connectivity index (χ4n) is 3.53. The maximum atomic E-state index is 12.6. The molecule has 0 spiro atoms. The van der Waals surface area contributed by atoms with Crippen LogP contribution in [0.25, 0.3) is 0 Å². The highest BCUT2D eigenvalue weighted by Gasteiger charge is 2.22. The molecule has 2 aromatic heterocycles. The van der Waals surface area contributed by atoms with Gasteiger partial charge in [0.15, 0.2) is 5.82 Å². The zero-order valence-corrected chi connectivity index (χ0v) is 15.0. The summed E-state index contributed by atoms with van der Waals surface area (Å²) in [6.07, 6.45) is 5.74. The molecule has 0 saturated carbocycles. The Bertz CT molecular complexity index is 872. The van der Waals surface area contributed by atoms with E-state index in [0.29, 0.717) is 18.2 Å². The Morgan fingerprint density at radius 3 is 2.92 bits per heavy atom. The summed E-state index contributed by atoms with van der Waals surface area (Å²) < 4.78 is 5.09. The van der Waals surface area contributed by atoms with E-state index in [1.165, 1.54) is 0 Å². The summed E-state index contributed by atoms with van der Waals surface area (Å²) in [7, 11) is 1.61. The molecule has 136 valence electrons. The first-order chi connectivity index (χ1) is 12.7. The van der Waals surface area contributed by atoms with Crippen molar-refractivity contribution in [3.8, 4) is 5.88 Å². The molecular weight excluding hydrogens is 330 g/mol. The van der Waals surface area contributed by atoms with E-state index in [1.807, 2.05) is 18.3 Å². The lowest BCUT2D eigenvalue weighted by Crippen LogP contribution is -2.36. The number of methoxy groups -OCH3 is 1. The van der Waals surface area contributed by atoms with Crippen LogP contribution in [0, 0.1) is 0 Å². The Hall–Kier alpha value is -2.54. The number of pyridine rings is 1. The molecule has 7 nitrogen and oxygen atoms in total. The first kappa shape index (κ1) is 16.9. The number of aliphatic imine (C=N–C) groups is 1. The van der Waals surface area contributed by atoms with Crippen LogP contribution in [0.1, 0.15) is 41.9 Å². The minimum atomic E-state index is -0.0316. The SMILES string of the molecule is COc1ccc(CN2CCc3nc(C4=NCCCC4)[nH]c(=O)c3C2)cn1. The second kappa shape index (κ2) is 7.37. The molecule has 2 aliphatic heterocycles. The van der Waals surface area contributed by atoms with E-state index in [9.17, 15) is 4.79 Å². The second-order valence-corrected chi connectivity index (χ2v) is 6.79. The topological polar surface area (TPSA) is 83.5 Å². The van der Waals surface area contributed by atoms with E-state index in [4.69, 9.17) is 9.72 Å². The molecule has 4 heterocycles. The number of fused-ring (bicyclic) bond motifs is 1. The highest BCUT2D eigenvalue weighted by atomic mass is 16.5. The van der Waals surface area contributed by atoms with Crippen molar-refractivity contribution in [3.05, 3.63) is 51.3 Å². The third-order valence-corrected chi connectivity index (χ3v) is 4.96. The summed E-state index contributed by atoms with van der Waals surface area (Å²) >= 11 is 0. The van der Waals surface area contributed by atoms with Crippen molar-refractivity contribution in [1.82, 2.24) is 19.9 Å². The normalized spacial score (nSPS) is 17.5. The van der Waals surface area contributed by atoms with E-state index in [-0.39, 0.29) is 5.56 Å². The lowest BCUT2D eigenvalue weighted by Gasteiger charge is -2.27. The molecule has 2 aliphatic rings. The Labute approximate surface area is 152 Å². The minimum absolute atomic E-state index is 0.0316. The van der Waals surface area contributed by atoms with Gasteiger partial charge in [0.05, 0.1) is 24.1 Å². The number of hydrogen-bond acceptors (Lipinski definition) is 6. The van der Waals surface area contributed by atoms with Gasteiger partial charge in [-0.25, -0.2) is 9.97 Å². The number of ether oxygens (including phenoxy) is 1. The van der Waals surface area contributed by atoms with Crippen LogP contribution in [0.15, 0.2) is 28.1 Å². The van der Waals surface area contributed by atoms with Crippen LogP contribution in [0.2, 0.25) is 0 Å². The van der Waals surface area contributed by atoms with Crippen molar-refractivity contribution in [1.29, 1.82) is 0 Å². The van der Waals surface area contributed by atoms with Crippen molar-refractivity contribution in [2.75, 3.05) is 20.2 Å². The smallest absolute Gasteiger partial charge is 0.255 e. The molecule has 0 unspecified atom stereocenters. The Balaban J connectivity index is 1.51. The van der Waals surface area contributed by atoms with Crippen molar-refractivity contribution in [3.63, 3.8) is 0 Å². The van der Waals surface area contributed by atoms with Gasteiger partial charge in [-0.3, -0.25) is 14.7 Å². The molecule has 7 heteroatoms. The molecule has 0 aromatic carbocycles. The largest absolute Gasteiger partial charge is 0.481 e. The Morgan fingerprint density at radius 2 is 2.19 bits per heavy atom. The fourth-order valence-corrected chi connectivity index (χ4v) is 3.53. The number of aromatic nitrogens is 3. The number of nitrogens with zero attached hydrogens (tertiary/aromatic N) is 4. The third kappa shape index (κ3) is 3.53. The molecule has 1 N–H and O–H groups in total. The fraction of sp³-hybridized carbons (Fsp3) is 0.474. The summed E-state index contributed by atoms with van der Waals surface area (Å²) in [6, 6.07) is 3.87. The van der Waals surface area contributed by atoms with Gasteiger partial charge in [-0.2, -0.15) is 0 Å². The van der Waals surface area contributed by atoms with Crippen LogP contribution >= 0.6 is 0 Å². The van der Waals surface area contributed by atoms with Gasteiger partial charge in [0.2, 0.25) is 5.88 Å². The average Bonchev–Trinajstić information content (AvgIpc) is 2.69. The second-order valence-electron chi connectivity index (χ2n) is 6.79. The number of rotatable bonds is 4. The predicted molar refractivity (Wildman–Crippen MR) is 98.7 cm³/mol. The third-order valence-electron chi connectivity index (χ3n) is 4.96. The molecule has 2 aromatic rings. The van der Waals surface area contributed by atoms with Crippen LogP contribution in [-0.4, -0.2) is 45.8 Å². The minimum Gasteiger partial charge on any atom is -0.481 e. The summed E-state index contributed by atoms with van der Waals surface area (Å²) in [6.45, 7) is 3.07. The molecule has 4 rings (SSSR count). The Morgan fingerprint density at radius 1 is 1.27 bits per heavy atom. The van der Waals surface area contributed by atoms with Gasteiger partial charge in [0.25, 0.3) is 5.56 Å². The molecule has 0 saturated heterocycles. The van der Waals surface area contributed by atoms with Crippen LogP contribution in [0.5, 0.6) is 5.88 Å². The summed E-state index contributed by atoms with van der Waals surface area (Å²) in [5.41, 5.74) is 3.71. The first-order valence-electron chi connectivity index (χ1n) is 9.10. The van der Waals surface area contributed by atoms with E-state index in [2.05, 4.69) is 19.9 Å². The van der Waals surface area contributed by atoms with Crippen LogP contribution in [0.4, 0.5) is 0 Å². The predicted octanol–water partition coefficient (Wildman–Crippen LogP) is 1.70. The van der Waals surface area contributed by atoms with E-state index in [0.717, 1.165) is 67.9 Å². The lowest BCUT2D eigenvalue weighted by molar-refractivity contribution is 0.241. The highest BCUT2D eigenvalue weighted by molar-refractivity contribution is 5.97. The zero-order chi connectivity index (χ0) is 17.9. The number of nitrogens with one attached hydrogen (secondary N) is 1.